The van der Waals surface area contributed by atoms with Gasteiger partial charge in [0.05, 0.1) is 0 Å². The molecule has 0 spiro atoms. The number of hydrogen-bond donors (Lipinski definition) is 1. The van der Waals surface area contributed by atoms with Crippen molar-refractivity contribution in [1.29, 1.82) is 0 Å². The zero-order valence-corrected chi connectivity index (χ0v) is 9.91. The summed E-state index contributed by atoms with van der Waals surface area (Å²) in [6.07, 6.45) is 3.89. The first-order valence-corrected chi connectivity index (χ1v) is 6.12. The summed E-state index contributed by atoms with van der Waals surface area (Å²) in [5.74, 6) is 6.50. The molecule has 1 heterocycles. The van der Waals surface area contributed by atoms with E-state index in [9.17, 15) is 0 Å². The standard InChI is InChI=1S/C11H13NS2/c1-9(2)5-3-4-6-10-11(14-12)7-8-13-10/h4,6-9H,12H2,1-2H3. The summed E-state index contributed by atoms with van der Waals surface area (Å²) in [5, 5.41) is 7.53. The lowest BCUT2D eigenvalue weighted by atomic mass is 10.2. The van der Waals surface area contributed by atoms with Crippen molar-refractivity contribution in [2.24, 2.45) is 11.1 Å². The van der Waals surface area contributed by atoms with E-state index in [-0.39, 0.29) is 0 Å². The summed E-state index contributed by atoms with van der Waals surface area (Å²) >= 11 is 2.95. The molecule has 0 aliphatic heterocycles. The van der Waals surface area contributed by atoms with E-state index in [0.29, 0.717) is 5.92 Å². The lowest BCUT2D eigenvalue weighted by Crippen LogP contribution is -1.77. The first-order valence-electron chi connectivity index (χ1n) is 4.36. The molecule has 0 aliphatic carbocycles. The lowest BCUT2D eigenvalue weighted by Gasteiger charge is -1.90. The van der Waals surface area contributed by atoms with Crippen LogP contribution in [0.1, 0.15) is 18.7 Å². The van der Waals surface area contributed by atoms with Crippen LogP contribution in [0, 0.1) is 17.8 Å². The van der Waals surface area contributed by atoms with Crippen molar-refractivity contribution in [3.63, 3.8) is 0 Å². The van der Waals surface area contributed by atoms with Gasteiger partial charge in [-0.2, -0.15) is 0 Å². The Bertz CT molecular complexity index is 366. The van der Waals surface area contributed by atoms with Gasteiger partial charge in [-0.3, -0.25) is 5.14 Å². The second-order valence-corrected chi connectivity index (χ2v) is 4.67. The minimum absolute atomic E-state index is 0.423. The molecule has 0 unspecified atom stereocenters. The Kier molecular flexibility index (Phi) is 4.81. The van der Waals surface area contributed by atoms with Gasteiger partial charge in [-0.1, -0.05) is 25.7 Å². The molecule has 0 radical (unpaired) electrons. The maximum atomic E-state index is 5.50. The predicted octanol–water partition coefficient (Wildman–Crippen LogP) is 3.39. The largest absolute Gasteiger partial charge is 0.274 e. The normalized spacial score (nSPS) is 10.6. The Morgan fingerprint density at radius 1 is 1.57 bits per heavy atom. The van der Waals surface area contributed by atoms with Crippen molar-refractivity contribution in [1.82, 2.24) is 0 Å². The fourth-order valence-corrected chi connectivity index (χ4v) is 2.25. The van der Waals surface area contributed by atoms with Crippen LogP contribution in [0.15, 0.2) is 22.4 Å². The van der Waals surface area contributed by atoms with Gasteiger partial charge in [0, 0.05) is 15.7 Å². The number of rotatable bonds is 2. The van der Waals surface area contributed by atoms with Crippen molar-refractivity contribution >= 4 is 29.4 Å². The first kappa shape index (κ1) is 11.4. The summed E-state index contributed by atoms with van der Waals surface area (Å²) in [4.78, 5) is 2.29. The molecule has 1 nitrogen and oxygen atoms in total. The molecule has 0 amide bonds. The summed E-state index contributed by atoms with van der Waals surface area (Å²) in [7, 11) is 0. The van der Waals surface area contributed by atoms with Gasteiger partial charge in [0.15, 0.2) is 0 Å². The predicted molar refractivity (Wildman–Crippen MR) is 66.0 cm³/mol. The van der Waals surface area contributed by atoms with Gasteiger partial charge in [0.1, 0.15) is 0 Å². The van der Waals surface area contributed by atoms with Crippen LogP contribution in [0.2, 0.25) is 0 Å². The van der Waals surface area contributed by atoms with Crippen LogP contribution in [0.3, 0.4) is 0 Å². The van der Waals surface area contributed by atoms with E-state index < -0.39 is 0 Å². The van der Waals surface area contributed by atoms with E-state index in [0.717, 1.165) is 4.90 Å². The first-order chi connectivity index (χ1) is 6.74. The molecule has 1 rings (SSSR count). The summed E-state index contributed by atoms with van der Waals surface area (Å²) < 4.78 is 0. The Morgan fingerprint density at radius 2 is 2.36 bits per heavy atom. The summed E-state index contributed by atoms with van der Waals surface area (Å²) in [6.45, 7) is 4.15. The average Bonchev–Trinajstić information content (AvgIpc) is 2.59. The Balaban J connectivity index is 2.66. The molecule has 14 heavy (non-hydrogen) atoms. The lowest BCUT2D eigenvalue weighted by molar-refractivity contribution is 0.867. The molecule has 1 aromatic rings. The third-order valence-electron chi connectivity index (χ3n) is 1.47. The van der Waals surface area contributed by atoms with Crippen LogP contribution < -0.4 is 5.14 Å². The molecule has 74 valence electrons. The van der Waals surface area contributed by atoms with Crippen molar-refractivity contribution < 1.29 is 0 Å². The molecule has 0 atom stereocenters. The Labute approximate surface area is 93.5 Å². The molecule has 0 fully saturated rings. The number of hydrogen-bond acceptors (Lipinski definition) is 3. The van der Waals surface area contributed by atoms with Crippen LogP contribution in [0.4, 0.5) is 0 Å². The molecular weight excluding hydrogens is 210 g/mol. The Hall–Kier alpha value is -0.690. The van der Waals surface area contributed by atoms with Gasteiger partial charge in [0.25, 0.3) is 0 Å². The van der Waals surface area contributed by atoms with Crippen LogP contribution in [0.25, 0.3) is 6.08 Å². The summed E-state index contributed by atoms with van der Waals surface area (Å²) in [5.41, 5.74) is 0. The van der Waals surface area contributed by atoms with E-state index in [1.54, 1.807) is 11.3 Å². The van der Waals surface area contributed by atoms with Crippen LogP contribution in [-0.2, 0) is 0 Å². The van der Waals surface area contributed by atoms with E-state index in [4.69, 9.17) is 5.14 Å². The van der Waals surface area contributed by atoms with Gasteiger partial charge >= 0.3 is 0 Å². The molecular formula is C11H13NS2. The maximum Gasteiger partial charge on any atom is 0.0425 e. The Morgan fingerprint density at radius 3 is 3.00 bits per heavy atom. The molecule has 0 aliphatic rings. The van der Waals surface area contributed by atoms with E-state index in [1.807, 2.05) is 23.6 Å². The third kappa shape index (κ3) is 3.59. The highest BCUT2D eigenvalue weighted by atomic mass is 32.2. The third-order valence-corrected chi connectivity index (χ3v) is 3.10. The highest BCUT2D eigenvalue weighted by Gasteiger charge is 1.97. The quantitative estimate of drug-likeness (QED) is 0.614. The number of thiophene rings is 1. The van der Waals surface area contributed by atoms with Gasteiger partial charge < -0.3 is 0 Å². The maximum absolute atomic E-state index is 5.50. The van der Waals surface area contributed by atoms with Crippen LogP contribution in [-0.4, -0.2) is 0 Å². The molecule has 3 heteroatoms. The van der Waals surface area contributed by atoms with Crippen molar-refractivity contribution in [2.45, 2.75) is 18.7 Å². The van der Waals surface area contributed by atoms with Crippen molar-refractivity contribution in [3.05, 3.63) is 22.4 Å². The van der Waals surface area contributed by atoms with Gasteiger partial charge in [-0.15, -0.1) is 11.3 Å². The SMILES string of the molecule is CC(C)C#CC=Cc1sccc1SN. The van der Waals surface area contributed by atoms with E-state index in [2.05, 4.69) is 25.7 Å². The minimum Gasteiger partial charge on any atom is -0.274 e. The van der Waals surface area contributed by atoms with Gasteiger partial charge in [-0.25, -0.2) is 0 Å². The smallest absolute Gasteiger partial charge is 0.0425 e. The fraction of sp³-hybridized carbons (Fsp3) is 0.273. The molecule has 0 bridgehead atoms. The monoisotopic (exact) mass is 223 g/mol. The second kappa shape index (κ2) is 5.92. The molecule has 0 saturated carbocycles. The summed E-state index contributed by atoms with van der Waals surface area (Å²) in [6, 6.07) is 2.02. The second-order valence-electron chi connectivity index (χ2n) is 3.04. The average molecular weight is 223 g/mol. The molecule has 1 aromatic heterocycles. The van der Waals surface area contributed by atoms with Crippen LogP contribution >= 0.6 is 23.3 Å². The van der Waals surface area contributed by atoms with E-state index >= 15 is 0 Å². The van der Waals surface area contributed by atoms with Crippen LogP contribution in [0.5, 0.6) is 0 Å². The zero-order chi connectivity index (χ0) is 10.4. The molecule has 0 saturated heterocycles. The van der Waals surface area contributed by atoms with Crippen molar-refractivity contribution in [2.75, 3.05) is 0 Å². The van der Waals surface area contributed by atoms with Gasteiger partial charge in [0.2, 0.25) is 0 Å². The fourth-order valence-electron chi connectivity index (χ4n) is 0.860. The molecule has 2 N–H and O–H groups in total. The zero-order valence-electron chi connectivity index (χ0n) is 8.28. The van der Waals surface area contributed by atoms with Gasteiger partial charge in [-0.05, 0) is 35.5 Å². The highest BCUT2D eigenvalue weighted by molar-refractivity contribution is 7.97. The minimum atomic E-state index is 0.423. The van der Waals surface area contributed by atoms with Crippen molar-refractivity contribution in [3.8, 4) is 11.8 Å². The number of allylic oxidation sites excluding steroid dienone is 1. The number of nitrogens with two attached hydrogens (primary N) is 1. The van der Waals surface area contributed by atoms with E-state index in [1.165, 1.54) is 16.8 Å². The topological polar surface area (TPSA) is 26.0 Å². The highest BCUT2D eigenvalue weighted by Crippen LogP contribution is 2.24. The molecule has 0 aromatic carbocycles.